The molecule has 0 radical (unpaired) electrons. The molecule has 0 aliphatic carbocycles. The van der Waals surface area contributed by atoms with Gasteiger partial charge in [-0.3, -0.25) is 19.4 Å². The van der Waals surface area contributed by atoms with Gasteiger partial charge in [0.1, 0.15) is 5.15 Å². The molecule has 2 heterocycles. The zero-order valence-electron chi connectivity index (χ0n) is 23.1. The number of nitrogens with zero attached hydrogens (tertiary/aromatic N) is 2. The number of halogens is 3. The average molecular weight is 632 g/mol. The van der Waals surface area contributed by atoms with Gasteiger partial charge in [0.2, 0.25) is 5.91 Å². The van der Waals surface area contributed by atoms with Crippen molar-refractivity contribution in [1.82, 2.24) is 20.2 Å². The van der Waals surface area contributed by atoms with E-state index in [0.29, 0.717) is 33.2 Å². The van der Waals surface area contributed by atoms with Gasteiger partial charge in [-0.1, -0.05) is 65.1 Å². The second-order valence-electron chi connectivity index (χ2n) is 9.65. The van der Waals surface area contributed by atoms with Crippen LogP contribution in [0.4, 0.5) is 0 Å². The van der Waals surface area contributed by atoms with Crippen LogP contribution in [0.15, 0.2) is 84.9 Å². The molecule has 5 aromatic rings. The highest BCUT2D eigenvalue weighted by molar-refractivity contribution is 6.42. The van der Waals surface area contributed by atoms with Crippen LogP contribution in [0.25, 0.3) is 22.7 Å². The van der Waals surface area contributed by atoms with Gasteiger partial charge in [0, 0.05) is 41.0 Å². The highest BCUT2D eigenvalue weighted by Crippen LogP contribution is 2.36. The van der Waals surface area contributed by atoms with Crippen molar-refractivity contribution in [3.05, 3.63) is 134 Å². The monoisotopic (exact) mass is 630 g/mol. The van der Waals surface area contributed by atoms with Crippen molar-refractivity contribution in [1.29, 1.82) is 0 Å². The fraction of sp³-hybridized carbons (Fsp3) is 0.0909. The molecule has 10 heteroatoms. The van der Waals surface area contributed by atoms with Gasteiger partial charge in [-0.15, -0.1) is 0 Å². The summed E-state index contributed by atoms with van der Waals surface area (Å²) in [7, 11) is 1.56. The van der Waals surface area contributed by atoms with Gasteiger partial charge in [0.15, 0.2) is 5.78 Å². The number of aryl methyl sites for hydroxylation is 1. The molecular weight excluding hydrogens is 607 g/mol. The van der Waals surface area contributed by atoms with E-state index in [2.05, 4.69) is 15.6 Å². The number of carbonyl (C=O) groups excluding carboxylic acids is 3. The molecule has 2 aromatic heterocycles. The average Bonchev–Trinajstić information content (AvgIpc) is 3.38. The molecule has 2 amide bonds. The first-order chi connectivity index (χ1) is 20.7. The Balaban J connectivity index is 1.39. The molecule has 0 bridgehead atoms. The molecule has 216 valence electrons. The lowest BCUT2D eigenvalue weighted by atomic mass is 9.99. The summed E-state index contributed by atoms with van der Waals surface area (Å²) in [5, 5.41) is 6.87. The first-order valence-corrected chi connectivity index (χ1v) is 14.3. The van der Waals surface area contributed by atoms with Crippen LogP contribution in [0, 0.1) is 6.92 Å². The Bertz CT molecular complexity index is 1910. The van der Waals surface area contributed by atoms with Gasteiger partial charge in [0.25, 0.3) is 5.91 Å². The topological polar surface area (TPSA) is 93.1 Å². The zero-order valence-corrected chi connectivity index (χ0v) is 25.4. The summed E-state index contributed by atoms with van der Waals surface area (Å²) in [5.74, 6) is -0.892. The van der Waals surface area contributed by atoms with Crippen LogP contribution in [0.5, 0.6) is 0 Å². The lowest BCUT2D eigenvalue weighted by Crippen LogP contribution is -2.22. The van der Waals surface area contributed by atoms with Crippen molar-refractivity contribution in [2.24, 2.45) is 0 Å². The maximum Gasteiger partial charge on any atom is 0.251 e. The minimum absolute atomic E-state index is 0.118. The number of aromatic nitrogens is 2. The predicted octanol–water partition coefficient (Wildman–Crippen LogP) is 7.21. The SMILES string of the molecule is CNC(=O)c1ccc(C=CC(=O)NCc2ccc(Cl)n2-c2ccc(Cl)c(C(=O)c3cccc4ccc(C)nc34)c2Cl)cc1. The normalized spacial score (nSPS) is 11.2. The third kappa shape index (κ3) is 6.34. The molecule has 0 saturated heterocycles. The third-order valence-corrected chi connectivity index (χ3v) is 7.82. The molecule has 2 N–H and O–H groups in total. The summed E-state index contributed by atoms with van der Waals surface area (Å²) >= 11 is 20.0. The van der Waals surface area contributed by atoms with E-state index in [-0.39, 0.29) is 39.8 Å². The van der Waals surface area contributed by atoms with E-state index in [1.165, 1.54) is 6.08 Å². The highest BCUT2D eigenvalue weighted by atomic mass is 35.5. The molecule has 0 saturated carbocycles. The van der Waals surface area contributed by atoms with Crippen molar-refractivity contribution in [3.63, 3.8) is 0 Å². The molecule has 0 atom stereocenters. The molecule has 0 fully saturated rings. The Kier molecular flexibility index (Phi) is 8.97. The maximum atomic E-state index is 13.8. The summed E-state index contributed by atoms with van der Waals surface area (Å²) in [6, 6.07) is 22.7. The second kappa shape index (κ2) is 12.8. The molecule has 0 spiro atoms. The van der Waals surface area contributed by atoms with Crippen LogP contribution >= 0.6 is 34.8 Å². The minimum Gasteiger partial charge on any atom is -0.355 e. The van der Waals surface area contributed by atoms with Crippen molar-refractivity contribution >= 4 is 69.4 Å². The molecular formula is C33H25Cl3N4O3. The van der Waals surface area contributed by atoms with Crippen molar-refractivity contribution in [2.75, 3.05) is 7.05 Å². The number of amides is 2. The van der Waals surface area contributed by atoms with E-state index in [1.54, 1.807) is 78.4 Å². The van der Waals surface area contributed by atoms with E-state index in [0.717, 1.165) is 16.6 Å². The number of rotatable bonds is 8. The maximum absolute atomic E-state index is 13.8. The Morgan fingerprint density at radius 2 is 1.67 bits per heavy atom. The number of benzene rings is 3. The quantitative estimate of drug-likeness (QED) is 0.140. The molecule has 0 aliphatic rings. The number of nitrogens with one attached hydrogen (secondary N) is 2. The lowest BCUT2D eigenvalue weighted by Gasteiger charge is -2.16. The van der Waals surface area contributed by atoms with E-state index in [9.17, 15) is 14.4 Å². The molecule has 3 aromatic carbocycles. The Labute approximate surface area is 263 Å². The number of fused-ring (bicyclic) bond motifs is 1. The fourth-order valence-electron chi connectivity index (χ4n) is 4.64. The standard InChI is InChI=1S/C33H25Cl3N4O3/c1-19-6-10-21-4-3-5-24(31(21)39-19)32(42)29-25(34)14-15-26(30(29)36)40-23(13-16-27(40)35)18-38-28(41)17-9-20-7-11-22(12-8-20)33(43)37-2/h3-17H,18H2,1-2H3,(H,37,43)(H,38,41). The van der Waals surface area contributed by atoms with Crippen molar-refractivity contribution in [3.8, 4) is 5.69 Å². The first kappa shape index (κ1) is 30.0. The number of ketones is 1. The van der Waals surface area contributed by atoms with Crippen LogP contribution in [-0.2, 0) is 11.3 Å². The van der Waals surface area contributed by atoms with Crippen LogP contribution < -0.4 is 10.6 Å². The molecule has 0 aliphatic heterocycles. The molecule has 43 heavy (non-hydrogen) atoms. The van der Waals surface area contributed by atoms with E-state index < -0.39 is 0 Å². The number of hydrogen-bond donors (Lipinski definition) is 2. The minimum atomic E-state index is -0.368. The van der Waals surface area contributed by atoms with Crippen molar-refractivity contribution in [2.45, 2.75) is 13.5 Å². The zero-order chi connectivity index (χ0) is 30.7. The largest absolute Gasteiger partial charge is 0.355 e. The van der Waals surface area contributed by atoms with Gasteiger partial charge < -0.3 is 15.2 Å². The Hall–Kier alpha value is -4.43. The van der Waals surface area contributed by atoms with Crippen LogP contribution in [0.1, 0.15) is 43.2 Å². The number of carbonyl (C=O) groups is 3. The van der Waals surface area contributed by atoms with E-state index >= 15 is 0 Å². The molecule has 0 unspecified atom stereocenters. The summed E-state index contributed by atoms with van der Waals surface area (Å²) in [6.45, 7) is 1.98. The van der Waals surface area contributed by atoms with Gasteiger partial charge in [-0.25, -0.2) is 0 Å². The number of hydrogen-bond acceptors (Lipinski definition) is 4. The van der Waals surface area contributed by atoms with Gasteiger partial charge >= 0.3 is 0 Å². The van der Waals surface area contributed by atoms with Crippen LogP contribution in [-0.4, -0.2) is 34.2 Å². The predicted molar refractivity (Wildman–Crippen MR) is 171 cm³/mol. The lowest BCUT2D eigenvalue weighted by molar-refractivity contribution is -0.116. The number of pyridine rings is 1. The summed E-state index contributed by atoms with van der Waals surface area (Å²) in [6.07, 6.45) is 3.04. The summed E-state index contributed by atoms with van der Waals surface area (Å²) in [5.41, 5.74) is 4.19. The second-order valence-corrected chi connectivity index (χ2v) is 10.8. The third-order valence-electron chi connectivity index (χ3n) is 6.83. The van der Waals surface area contributed by atoms with E-state index in [1.807, 2.05) is 25.1 Å². The summed E-state index contributed by atoms with van der Waals surface area (Å²) < 4.78 is 1.66. The molecule has 5 rings (SSSR count). The van der Waals surface area contributed by atoms with E-state index in [4.69, 9.17) is 34.8 Å². The number of para-hydroxylation sites is 1. The van der Waals surface area contributed by atoms with Gasteiger partial charge in [-0.05, 0) is 67.1 Å². The van der Waals surface area contributed by atoms with Crippen LogP contribution in [0.3, 0.4) is 0 Å². The first-order valence-electron chi connectivity index (χ1n) is 13.2. The fourth-order valence-corrected chi connectivity index (χ4v) is 5.53. The smallest absolute Gasteiger partial charge is 0.251 e. The Morgan fingerprint density at radius 3 is 2.42 bits per heavy atom. The Morgan fingerprint density at radius 1 is 0.907 bits per heavy atom. The van der Waals surface area contributed by atoms with Crippen molar-refractivity contribution < 1.29 is 14.4 Å². The summed E-state index contributed by atoms with van der Waals surface area (Å²) in [4.78, 5) is 42.7. The molecule has 7 nitrogen and oxygen atoms in total. The van der Waals surface area contributed by atoms with Gasteiger partial charge in [-0.2, -0.15) is 0 Å². The van der Waals surface area contributed by atoms with Crippen LogP contribution in [0.2, 0.25) is 15.2 Å². The van der Waals surface area contributed by atoms with Gasteiger partial charge in [0.05, 0.1) is 33.4 Å². The highest BCUT2D eigenvalue weighted by Gasteiger charge is 2.24.